The van der Waals surface area contributed by atoms with E-state index in [9.17, 15) is 0 Å². The summed E-state index contributed by atoms with van der Waals surface area (Å²) in [6.45, 7) is 12.1. The van der Waals surface area contributed by atoms with Gasteiger partial charge in [0.15, 0.2) is 8.32 Å². The lowest BCUT2D eigenvalue weighted by atomic mass is 10.0. The third-order valence-corrected chi connectivity index (χ3v) is 9.77. The van der Waals surface area contributed by atoms with Crippen molar-refractivity contribution in [2.75, 3.05) is 0 Å². The van der Waals surface area contributed by atoms with E-state index in [1.165, 1.54) is 16.7 Å². The van der Waals surface area contributed by atoms with Crippen LogP contribution in [0.4, 0.5) is 0 Å². The maximum absolute atomic E-state index is 6.32. The zero-order valence-electron chi connectivity index (χ0n) is 14.1. The molecule has 0 heterocycles. The first-order chi connectivity index (χ1) is 10.2. The smallest absolute Gasteiger partial charge is 0.192 e. The molecule has 0 fully saturated rings. The zero-order valence-corrected chi connectivity index (χ0v) is 16.7. The molecule has 0 aromatic heterocycles. The van der Waals surface area contributed by atoms with Crippen molar-refractivity contribution in [2.24, 2.45) is 0 Å². The molecule has 0 aliphatic carbocycles. The Bertz CT molecular complexity index is 630. The van der Waals surface area contributed by atoms with Gasteiger partial charge < -0.3 is 4.43 Å². The summed E-state index contributed by atoms with van der Waals surface area (Å²) in [4.78, 5) is 0. The summed E-state index contributed by atoms with van der Waals surface area (Å²) in [5, 5.41) is 0.240. The fourth-order valence-electron chi connectivity index (χ4n) is 1.95. The summed E-state index contributed by atoms with van der Waals surface area (Å²) in [5.41, 5.74) is 3.67. The van der Waals surface area contributed by atoms with E-state index >= 15 is 0 Å². The quantitative estimate of drug-likeness (QED) is 0.543. The van der Waals surface area contributed by atoms with Gasteiger partial charge >= 0.3 is 0 Å². The van der Waals surface area contributed by atoms with Crippen LogP contribution in [0.5, 0.6) is 0 Å². The Kier molecular flexibility index (Phi) is 5.31. The fraction of sp³-hybridized carbons (Fsp3) is 0.368. The van der Waals surface area contributed by atoms with Gasteiger partial charge in [0.2, 0.25) is 0 Å². The van der Waals surface area contributed by atoms with Gasteiger partial charge in [-0.2, -0.15) is 0 Å². The summed E-state index contributed by atoms with van der Waals surface area (Å²) >= 11 is 3.70. The van der Waals surface area contributed by atoms with Crippen LogP contribution in [0.2, 0.25) is 18.1 Å². The van der Waals surface area contributed by atoms with Gasteiger partial charge in [0.25, 0.3) is 0 Å². The molecular weight excluding hydrogens is 352 g/mol. The van der Waals surface area contributed by atoms with E-state index in [0.29, 0.717) is 6.61 Å². The van der Waals surface area contributed by atoms with E-state index in [4.69, 9.17) is 4.43 Å². The van der Waals surface area contributed by atoms with Crippen molar-refractivity contribution < 1.29 is 4.43 Å². The van der Waals surface area contributed by atoms with Crippen LogP contribution < -0.4 is 0 Å². The first-order valence-corrected chi connectivity index (χ1v) is 11.4. The van der Waals surface area contributed by atoms with E-state index in [1.54, 1.807) is 0 Å². The maximum atomic E-state index is 6.32. The summed E-state index contributed by atoms with van der Waals surface area (Å²) in [6.07, 6.45) is 0. The van der Waals surface area contributed by atoms with Gasteiger partial charge in [0.1, 0.15) is 0 Å². The summed E-state index contributed by atoms with van der Waals surface area (Å²) in [7, 11) is -1.71. The average molecular weight is 377 g/mol. The second-order valence-corrected chi connectivity index (χ2v) is 12.9. The molecule has 0 amide bonds. The summed E-state index contributed by atoms with van der Waals surface area (Å²) < 4.78 is 7.43. The predicted octanol–water partition coefficient (Wildman–Crippen LogP) is 6.64. The van der Waals surface area contributed by atoms with Crippen molar-refractivity contribution in [3.63, 3.8) is 0 Å². The van der Waals surface area contributed by atoms with Crippen LogP contribution in [0, 0.1) is 0 Å². The highest BCUT2D eigenvalue weighted by Gasteiger charge is 2.37. The minimum Gasteiger partial charge on any atom is -0.413 e. The Labute approximate surface area is 144 Å². The lowest BCUT2D eigenvalue weighted by molar-refractivity contribution is 0.275. The van der Waals surface area contributed by atoms with Crippen LogP contribution in [-0.4, -0.2) is 8.32 Å². The molecule has 0 unspecified atom stereocenters. The van der Waals surface area contributed by atoms with Crippen molar-refractivity contribution in [2.45, 2.75) is 45.5 Å². The lowest BCUT2D eigenvalue weighted by Crippen LogP contribution is -2.40. The molecule has 2 aromatic carbocycles. The molecule has 2 aromatic rings. The highest BCUT2D eigenvalue weighted by molar-refractivity contribution is 9.10. The van der Waals surface area contributed by atoms with Crippen molar-refractivity contribution in [3.05, 3.63) is 58.6 Å². The minimum absolute atomic E-state index is 0.240. The molecule has 0 bridgehead atoms. The molecule has 0 saturated carbocycles. The Balaban J connectivity index is 2.15. The number of hydrogen-bond acceptors (Lipinski definition) is 1. The molecule has 0 atom stereocenters. The summed E-state index contributed by atoms with van der Waals surface area (Å²) in [6, 6.07) is 17.0. The Hall–Kier alpha value is -0.903. The molecule has 0 saturated heterocycles. The van der Waals surface area contributed by atoms with Gasteiger partial charge in [-0.3, -0.25) is 0 Å². The van der Waals surface area contributed by atoms with Crippen LogP contribution in [-0.2, 0) is 11.0 Å². The second kappa shape index (κ2) is 6.69. The number of halogens is 1. The first kappa shape index (κ1) is 17.5. The average Bonchev–Trinajstić information content (AvgIpc) is 2.45. The van der Waals surface area contributed by atoms with Gasteiger partial charge in [-0.15, -0.1) is 0 Å². The topological polar surface area (TPSA) is 9.23 Å². The van der Waals surface area contributed by atoms with Crippen LogP contribution in [0.1, 0.15) is 26.3 Å². The number of benzene rings is 2. The molecular formula is C19H25BrOSi. The lowest BCUT2D eigenvalue weighted by Gasteiger charge is -2.36. The van der Waals surface area contributed by atoms with Crippen LogP contribution in [0.25, 0.3) is 11.1 Å². The van der Waals surface area contributed by atoms with Crippen LogP contribution in [0.3, 0.4) is 0 Å². The maximum Gasteiger partial charge on any atom is 0.192 e. The molecule has 3 heteroatoms. The van der Waals surface area contributed by atoms with E-state index in [2.05, 4.69) is 92.3 Å². The van der Waals surface area contributed by atoms with Gasteiger partial charge in [-0.25, -0.2) is 0 Å². The predicted molar refractivity (Wildman–Crippen MR) is 102 cm³/mol. The van der Waals surface area contributed by atoms with Gasteiger partial charge in [-0.1, -0.05) is 79.2 Å². The number of hydrogen-bond donors (Lipinski definition) is 0. The van der Waals surface area contributed by atoms with Crippen LogP contribution in [0.15, 0.2) is 53.0 Å². The van der Waals surface area contributed by atoms with Crippen molar-refractivity contribution >= 4 is 24.2 Å². The zero-order chi connectivity index (χ0) is 16.4. The van der Waals surface area contributed by atoms with E-state index in [-0.39, 0.29) is 5.04 Å². The van der Waals surface area contributed by atoms with Crippen molar-refractivity contribution in [3.8, 4) is 11.1 Å². The number of rotatable bonds is 4. The van der Waals surface area contributed by atoms with Gasteiger partial charge in [0, 0.05) is 4.47 Å². The monoisotopic (exact) mass is 376 g/mol. The Morgan fingerprint density at radius 1 is 0.955 bits per heavy atom. The normalized spacial score (nSPS) is 12.5. The van der Waals surface area contributed by atoms with E-state index in [0.717, 1.165) is 4.47 Å². The first-order valence-electron chi connectivity index (χ1n) is 7.68. The highest BCUT2D eigenvalue weighted by Crippen LogP contribution is 2.37. The SMILES string of the molecule is CC(C)(C)[Si](C)(C)OCc1ccc(-c2ccccc2)cc1Br. The standard InChI is InChI=1S/C19H25BrOSi/c1-19(2,3)22(4,5)21-14-17-12-11-16(13-18(17)20)15-9-7-6-8-10-15/h6-13H,14H2,1-5H3. The van der Waals surface area contributed by atoms with E-state index < -0.39 is 8.32 Å². The molecule has 22 heavy (non-hydrogen) atoms. The molecule has 0 spiro atoms. The molecule has 0 N–H and O–H groups in total. The van der Waals surface area contributed by atoms with Crippen molar-refractivity contribution in [1.29, 1.82) is 0 Å². The highest BCUT2D eigenvalue weighted by atomic mass is 79.9. The van der Waals surface area contributed by atoms with E-state index in [1.807, 2.05) is 6.07 Å². The van der Waals surface area contributed by atoms with Crippen molar-refractivity contribution in [1.82, 2.24) is 0 Å². The molecule has 2 rings (SSSR count). The molecule has 1 nitrogen and oxygen atoms in total. The van der Waals surface area contributed by atoms with Gasteiger partial charge in [0.05, 0.1) is 6.61 Å². The third-order valence-electron chi connectivity index (χ3n) is 4.55. The fourth-order valence-corrected chi connectivity index (χ4v) is 3.39. The largest absolute Gasteiger partial charge is 0.413 e. The molecule has 0 radical (unpaired) electrons. The third kappa shape index (κ3) is 4.09. The molecule has 118 valence electrons. The minimum atomic E-state index is -1.71. The molecule has 0 aliphatic rings. The van der Waals surface area contributed by atoms with Gasteiger partial charge in [-0.05, 0) is 40.9 Å². The van der Waals surface area contributed by atoms with Crippen LogP contribution >= 0.6 is 15.9 Å². The second-order valence-electron chi connectivity index (χ2n) is 7.22. The Morgan fingerprint density at radius 2 is 1.59 bits per heavy atom. The summed E-state index contributed by atoms with van der Waals surface area (Å²) in [5.74, 6) is 0. The molecule has 0 aliphatic heterocycles. The Morgan fingerprint density at radius 3 is 2.14 bits per heavy atom.